The largest absolute Gasteiger partial charge is 0.352 e. The van der Waals surface area contributed by atoms with Crippen LogP contribution in [0.4, 0.5) is 5.69 Å². The zero-order valence-corrected chi connectivity index (χ0v) is 14.4. The SMILES string of the molecule is O=C(NCCc1ccc(Cl)cc1)c1ccc(-n2ccnc2)c([N+](=O)[O-])c1. The van der Waals surface area contributed by atoms with Crippen LogP contribution in [0, 0.1) is 10.1 Å². The Kier molecular flexibility index (Phi) is 5.28. The van der Waals surface area contributed by atoms with E-state index in [1.165, 1.54) is 29.2 Å². The van der Waals surface area contributed by atoms with Gasteiger partial charge in [-0.2, -0.15) is 0 Å². The smallest absolute Gasteiger partial charge is 0.294 e. The van der Waals surface area contributed by atoms with Crippen LogP contribution in [-0.2, 0) is 6.42 Å². The van der Waals surface area contributed by atoms with E-state index in [1.807, 2.05) is 12.1 Å². The Morgan fingerprint density at radius 2 is 2.00 bits per heavy atom. The number of nitro benzene ring substituents is 1. The number of hydrogen-bond donors (Lipinski definition) is 1. The molecule has 0 aliphatic heterocycles. The molecule has 0 saturated heterocycles. The van der Waals surface area contributed by atoms with Crippen molar-refractivity contribution < 1.29 is 9.72 Å². The number of amides is 1. The Hall–Kier alpha value is -3.19. The van der Waals surface area contributed by atoms with Crippen molar-refractivity contribution in [3.63, 3.8) is 0 Å². The van der Waals surface area contributed by atoms with Crippen molar-refractivity contribution in [2.45, 2.75) is 6.42 Å². The second-order valence-electron chi connectivity index (χ2n) is 5.56. The van der Waals surface area contributed by atoms with Gasteiger partial charge in [-0.3, -0.25) is 14.9 Å². The molecule has 0 aliphatic carbocycles. The summed E-state index contributed by atoms with van der Waals surface area (Å²) >= 11 is 5.84. The van der Waals surface area contributed by atoms with Gasteiger partial charge in [0.15, 0.2) is 0 Å². The summed E-state index contributed by atoms with van der Waals surface area (Å²) in [5, 5.41) is 14.8. The van der Waals surface area contributed by atoms with Crippen molar-refractivity contribution >= 4 is 23.2 Å². The predicted molar refractivity (Wildman–Crippen MR) is 97.7 cm³/mol. The van der Waals surface area contributed by atoms with Crippen LogP contribution in [0.25, 0.3) is 5.69 Å². The van der Waals surface area contributed by atoms with Gasteiger partial charge >= 0.3 is 0 Å². The zero-order chi connectivity index (χ0) is 18.5. The van der Waals surface area contributed by atoms with Gasteiger partial charge in [0.25, 0.3) is 11.6 Å². The fourth-order valence-electron chi connectivity index (χ4n) is 2.50. The molecule has 1 heterocycles. The molecule has 0 aliphatic rings. The molecule has 0 fully saturated rings. The lowest BCUT2D eigenvalue weighted by Gasteiger charge is -2.08. The quantitative estimate of drug-likeness (QED) is 0.531. The average molecular weight is 371 g/mol. The maximum atomic E-state index is 12.3. The minimum Gasteiger partial charge on any atom is -0.352 e. The normalized spacial score (nSPS) is 10.5. The average Bonchev–Trinajstić information content (AvgIpc) is 3.17. The topological polar surface area (TPSA) is 90.1 Å². The second kappa shape index (κ2) is 7.79. The first-order valence-electron chi connectivity index (χ1n) is 7.84. The third kappa shape index (κ3) is 4.07. The van der Waals surface area contributed by atoms with Crippen LogP contribution in [0.15, 0.2) is 61.2 Å². The van der Waals surface area contributed by atoms with Crippen LogP contribution in [0.1, 0.15) is 15.9 Å². The highest BCUT2D eigenvalue weighted by Gasteiger charge is 2.18. The summed E-state index contributed by atoms with van der Waals surface area (Å²) in [5.41, 5.74) is 1.46. The van der Waals surface area contributed by atoms with Gasteiger partial charge in [0, 0.05) is 35.6 Å². The number of carbonyl (C=O) groups is 1. The van der Waals surface area contributed by atoms with Crippen LogP contribution < -0.4 is 5.32 Å². The maximum absolute atomic E-state index is 12.3. The molecule has 26 heavy (non-hydrogen) atoms. The number of halogens is 1. The lowest BCUT2D eigenvalue weighted by atomic mass is 10.1. The van der Waals surface area contributed by atoms with Crippen molar-refractivity contribution in [1.82, 2.24) is 14.9 Å². The van der Waals surface area contributed by atoms with E-state index in [-0.39, 0.29) is 17.2 Å². The highest BCUT2D eigenvalue weighted by Crippen LogP contribution is 2.24. The summed E-state index contributed by atoms with van der Waals surface area (Å²) in [6.07, 6.45) is 5.24. The summed E-state index contributed by atoms with van der Waals surface area (Å²) in [4.78, 5) is 27.0. The minimum atomic E-state index is -0.514. The summed E-state index contributed by atoms with van der Waals surface area (Å²) in [6, 6.07) is 11.7. The molecule has 132 valence electrons. The first-order chi connectivity index (χ1) is 12.5. The summed E-state index contributed by atoms with van der Waals surface area (Å²) in [5.74, 6) is -0.362. The Morgan fingerprint density at radius 1 is 1.23 bits per heavy atom. The number of nitrogens with one attached hydrogen (secondary N) is 1. The van der Waals surface area contributed by atoms with Gasteiger partial charge in [0.05, 0.1) is 11.3 Å². The first-order valence-corrected chi connectivity index (χ1v) is 8.22. The van der Waals surface area contributed by atoms with E-state index in [9.17, 15) is 14.9 Å². The molecule has 0 atom stereocenters. The number of aromatic nitrogens is 2. The molecule has 0 spiro atoms. The lowest BCUT2D eigenvalue weighted by Crippen LogP contribution is -2.25. The Labute approximate surface area is 154 Å². The number of benzene rings is 2. The highest BCUT2D eigenvalue weighted by molar-refractivity contribution is 6.30. The van der Waals surface area contributed by atoms with Crippen LogP contribution in [-0.4, -0.2) is 26.9 Å². The second-order valence-corrected chi connectivity index (χ2v) is 6.00. The minimum absolute atomic E-state index is 0.159. The van der Waals surface area contributed by atoms with E-state index in [2.05, 4.69) is 10.3 Å². The standard InChI is InChI=1S/C18H15ClN4O3/c19-15-4-1-13(2-5-15)7-8-21-18(24)14-3-6-16(17(11-14)23(25)26)22-10-9-20-12-22/h1-6,9-12H,7-8H2,(H,21,24). The van der Waals surface area contributed by atoms with Crippen molar-refractivity contribution in [2.24, 2.45) is 0 Å². The number of hydrogen-bond acceptors (Lipinski definition) is 4. The van der Waals surface area contributed by atoms with Gasteiger partial charge in [-0.25, -0.2) is 4.98 Å². The third-order valence-corrected chi connectivity index (χ3v) is 4.08. The van der Waals surface area contributed by atoms with E-state index < -0.39 is 4.92 Å². The molecule has 1 N–H and O–H groups in total. The van der Waals surface area contributed by atoms with Gasteiger partial charge in [-0.1, -0.05) is 23.7 Å². The molecule has 3 aromatic rings. The van der Waals surface area contributed by atoms with Crippen molar-refractivity contribution in [3.05, 3.63) is 87.4 Å². The lowest BCUT2D eigenvalue weighted by molar-refractivity contribution is -0.384. The number of imidazole rings is 1. The molecule has 3 rings (SSSR count). The summed E-state index contributed by atoms with van der Waals surface area (Å²) in [7, 11) is 0. The fourth-order valence-corrected chi connectivity index (χ4v) is 2.63. The molecule has 0 bridgehead atoms. The molecule has 1 amide bonds. The molecular weight excluding hydrogens is 356 g/mol. The van der Waals surface area contributed by atoms with Crippen molar-refractivity contribution in [2.75, 3.05) is 6.54 Å². The van der Waals surface area contributed by atoms with Crippen LogP contribution in [0.5, 0.6) is 0 Å². The third-order valence-electron chi connectivity index (χ3n) is 3.83. The monoisotopic (exact) mass is 370 g/mol. The van der Waals surface area contributed by atoms with E-state index in [0.717, 1.165) is 5.56 Å². The van der Waals surface area contributed by atoms with Crippen LogP contribution >= 0.6 is 11.6 Å². The predicted octanol–water partition coefficient (Wildman–Crippen LogP) is 3.41. The van der Waals surface area contributed by atoms with Crippen LogP contribution in [0.2, 0.25) is 5.02 Å². The van der Waals surface area contributed by atoms with Gasteiger partial charge in [-0.15, -0.1) is 0 Å². The van der Waals surface area contributed by atoms with Crippen molar-refractivity contribution in [1.29, 1.82) is 0 Å². The number of rotatable bonds is 6. The molecule has 2 aromatic carbocycles. The number of nitrogens with zero attached hydrogens (tertiary/aromatic N) is 3. The first kappa shape index (κ1) is 17.6. The van der Waals surface area contributed by atoms with Gasteiger partial charge in [0.1, 0.15) is 5.69 Å². The molecule has 0 saturated carbocycles. The molecule has 8 heteroatoms. The maximum Gasteiger partial charge on any atom is 0.294 e. The fraction of sp³-hybridized carbons (Fsp3) is 0.111. The van der Waals surface area contributed by atoms with Gasteiger partial charge in [-0.05, 0) is 36.2 Å². The Balaban J connectivity index is 1.70. The van der Waals surface area contributed by atoms with E-state index >= 15 is 0 Å². The Morgan fingerprint density at radius 3 is 2.65 bits per heavy atom. The van der Waals surface area contributed by atoms with Gasteiger partial charge in [0.2, 0.25) is 0 Å². The zero-order valence-electron chi connectivity index (χ0n) is 13.6. The van der Waals surface area contributed by atoms with Gasteiger partial charge < -0.3 is 9.88 Å². The highest BCUT2D eigenvalue weighted by atomic mass is 35.5. The molecule has 0 unspecified atom stereocenters. The van der Waals surface area contributed by atoms with E-state index in [1.54, 1.807) is 24.4 Å². The summed E-state index contributed by atoms with van der Waals surface area (Å²) in [6.45, 7) is 0.414. The van der Waals surface area contributed by atoms with E-state index in [0.29, 0.717) is 23.7 Å². The summed E-state index contributed by atoms with van der Waals surface area (Å²) < 4.78 is 1.53. The number of nitro groups is 1. The molecule has 1 aromatic heterocycles. The number of carbonyl (C=O) groups excluding carboxylic acids is 1. The molecule has 0 radical (unpaired) electrons. The van der Waals surface area contributed by atoms with Crippen molar-refractivity contribution in [3.8, 4) is 5.69 Å². The molecule has 7 nitrogen and oxygen atoms in total. The van der Waals surface area contributed by atoms with E-state index in [4.69, 9.17) is 11.6 Å². The Bertz CT molecular complexity index is 924. The van der Waals surface area contributed by atoms with Crippen LogP contribution in [0.3, 0.4) is 0 Å². The molecular formula is C18H15ClN4O3.